The first-order valence-corrected chi connectivity index (χ1v) is 8.80. The van der Waals surface area contributed by atoms with Gasteiger partial charge >= 0.3 is 41.8 Å². The first-order chi connectivity index (χ1) is 15.6. The Labute approximate surface area is 187 Å². The summed E-state index contributed by atoms with van der Waals surface area (Å²) < 4.78 is 183. The Morgan fingerprint density at radius 3 is 1.77 bits per heavy atom. The Morgan fingerprint density at radius 2 is 1.37 bits per heavy atom. The van der Waals surface area contributed by atoms with E-state index in [9.17, 15) is 61.9 Å². The lowest BCUT2D eigenvalue weighted by Gasteiger charge is -2.40. The Bertz CT molecular complexity index is 983. The van der Waals surface area contributed by atoms with E-state index in [1.165, 1.54) is 13.0 Å². The second kappa shape index (κ2) is 9.26. The number of hydrogen-bond acceptors (Lipinski definition) is 4. The van der Waals surface area contributed by atoms with Crippen molar-refractivity contribution in [1.82, 2.24) is 0 Å². The standard InChI is InChI=1S/C18H12F13NO3/c1-3-35-12(33)9(7-32)8-4-5-10(11(6-8)34-2)13(19,20)14(21,22)15(23,24)16(25,26)17(27,28)18(29,30)31/h4-6,9H,3H2,1-2H3. The predicted molar refractivity (Wildman–Crippen MR) is 87.7 cm³/mol. The van der Waals surface area contributed by atoms with E-state index in [0.717, 1.165) is 0 Å². The molecule has 0 aliphatic heterocycles. The maximum atomic E-state index is 14.5. The number of halogens is 13. The Morgan fingerprint density at radius 1 is 0.886 bits per heavy atom. The third-order valence-corrected chi connectivity index (χ3v) is 4.48. The highest BCUT2D eigenvalue weighted by Crippen LogP contribution is 2.62. The summed E-state index contributed by atoms with van der Waals surface area (Å²) in [5.74, 6) is -42.7. The van der Waals surface area contributed by atoms with Gasteiger partial charge in [-0.3, -0.25) is 4.79 Å². The maximum Gasteiger partial charge on any atom is 0.460 e. The fourth-order valence-corrected chi connectivity index (χ4v) is 2.57. The van der Waals surface area contributed by atoms with Crippen molar-refractivity contribution in [2.45, 2.75) is 48.6 Å². The van der Waals surface area contributed by atoms with Crippen molar-refractivity contribution >= 4 is 5.97 Å². The summed E-state index contributed by atoms with van der Waals surface area (Å²) in [6.07, 6.45) is -7.52. The zero-order valence-corrected chi connectivity index (χ0v) is 17.1. The SMILES string of the molecule is CCOC(=O)C(C#N)c1ccc(C(F)(F)C(F)(F)C(F)(F)C(F)(F)C(F)(F)C(F)(F)F)c(OC)c1. The van der Waals surface area contributed by atoms with Crippen LogP contribution in [0.15, 0.2) is 18.2 Å². The number of hydrogen-bond donors (Lipinski definition) is 0. The van der Waals surface area contributed by atoms with Crippen LogP contribution in [0.1, 0.15) is 24.0 Å². The molecule has 1 atom stereocenters. The highest BCUT2D eigenvalue weighted by atomic mass is 19.4. The third kappa shape index (κ3) is 4.54. The molecular weight excluding hydrogens is 525 g/mol. The molecule has 17 heteroatoms. The Kier molecular flexibility index (Phi) is 7.97. The summed E-state index contributed by atoms with van der Waals surface area (Å²) in [7, 11) is 0.465. The molecule has 35 heavy (non-hydrogen) atoms. The molecule has 0 aromatic heterocycles. The van der Waals surface area contributed by atoms with Gasteiger partial charge in [0.05, 0.1) is 25.3 Å². The highest BCUT2D eigenvalue weighted by Gasteiger charge is 2.91. The van der Waals surface area contributed by atoms with Crippen molar-refractivity contribution in [3.05, 3.63) is 29.3 Å². The van der Waals surface area contributed by atoms with Crippen LogP contribution in [0.5, 0.6) is 5.75 Å². The van der Waals surface area contributed by atoms with Crippen LogP contribution in [0, 0.1) is 11.3 Å². The zero-order chi connectivity index (χ0) is 27.8. The molecule has 0 aliphatic carbocycles. The number of carbonyl (C=O) groups excluding carboxylic acids is 1. The van der Waals surface area contributed by atoms with E-state index < -0.39 is 64.6 Å². The van der Waals surface area contributed by atoms with Gasteiger partial charge in [0.1, 0.15) is 5.75 Å². The van der Waals surface area contributed by atoms with Crippen LogP contribution in [-0.4, -0.2) is 49.6 Å². The van der Waals surface area contributed by atoms with Gasteiger partial charge in [-0.1, -0.05) is 6.07 Å². The van der Waals surface area contributed by atoms with Crippen LogP contribution >= 0.6 is 0 Å². The summed E-state index contributed by atoms with van der Waals surface area (Å²) in [6, 6.07) is 1.70. The van der Waals surface area contributed by atoms with E-state index in [2.05, 4.69) is 9.47 Å². The van der Waals surface area contributed by atoms with Gasteiger partial charge in [-0.05, 0) is 24.6 Å². The van der Waals surface area contributed by atoms with Crippen LogP contribution in [0.4, 0.5) is 57.1 Å². The lowest BCUT2D eigenvalue weighted by atomic mass is 9.89. The number of carbonyl (C=O) groups is 1. The van der Waals surface area contributed by atoms with Crippen LogP contribution in [0.2, 0.25) is 0 Å². The summed E-state index contributed by atoms with van der Waals surface area (Å²) in [5.41, 5.74) is -2.95. The van der Waals surface area contributed by atoms with Gasteiger partial charge in [0.25, 0.3) is 0 Å². The van der Waals surface area contributed by atoms with E-state index in [1.54, 1.807) is 0 Å². The number of methoxy groups -OCH3 is 1. The number of benzene rings is 1. The van der Waals surface area contributed by atoms with Gasteiger partial charge in [-0.2, -0.15) is 62.3 Å². The second-order valence-corrected chi connectivity index (χ2v) is 6.64. The minimum Gasteiger partial charge on any atom is -0.496 e. The number of esters is 1. The second-order valence-electron chi connectivity index (χ2n) is 6.64. The Hall–Kier alpha value is -2.93. The molecular formula is C18H12F13NO3. The van der Waals surface area contributed by atoms with Gasteiger partial charge in [0, 0.05) is 0 Å². The molecule has 1 aromatic carbocycles. The van der Waals surface area contributed by atoms with Crippen molar-refractivity contribution in [3.8, 4) is 11.8 Å². The normalized spacial score (nSPS) is 14.8. The molecule has 0 bridgehead atoms. The molecule has 0 fully saturated rings. The number of ether oxygens (including phenoxy) is 2. The molecule has 1 rings (SSSR count). The summed E-state index contributed by atoms with van der Waals surface area (Å²) >= 11 is 0. The van der Waals surface area contributed by atoms with Gasteiger partial charge in [-0.15, -0.1) is 0 Å². The van der Waals surface area contributed by atoms with E-state index in [0.29, 0.717) is 13.2 Å². The van der Waals surface area contributed by atoms with Crippen LogP contribution in [0.3, 0.4) is 0 Å². The van der Waals surface area contributed by atoms with Crippen LogP contribution in [0.25, 0.3) is 0 Å². The molecule has 1 unspecified atom stereocenters. The molecule has 0 spiro atoms. The molecule has 4 nitrogen and oxygen atoms in total. The fraction of sp³-hybridized carbons (Fsp3) is 0.556. The largest absolute Gasteiger partial charge is 0.496 e. The lowest BCUT2D eigenvalue weighted by Crippen LogP contribution is -2.69. The van der Waals surface area contributed by atoms with E-state index >= 15 is 0 Å². The molecule has 0 aliphatic rings. The average Bonchev–Trinajstić information content (AvgIpc) is 2.72. The molecule has 0 N–H and O–H groups in total. The third-order valence-electron chi connectivity index (χ3n) is 4.48. The van der Waals surface area contributed by atoms with Crippen LogP contribution in [-0.2, 0) is 15.5 Å². The van der Waals surface area contributed by atoms with Gasteiger partial charge in [-0.25, -0.2) is 0 Å². The van der Waals surface area contributed by atoms with Crippen molar-refractivity contribution in [3.63, 3.8) is 0 Å². The minimum absolute atomic E-state index is 0.193. The average molecular weight is 537 g/mol. The number of nitriles is 1. The molecule has 198 valence electrons. The zero-order valence-electron chi connectivity index (χ0n) is 17.1. The first kappa shape index (κ1) is 30.1. The van der Waals surface area contributed by atoms with E-state index in [-0.39, 0.29) is 18.7 Å². The van der Waals surface area contributed by atoms with Gasteiger partial charge in [0.2, 0.25) is 0 Å². The molecule has 0 radical (unpaired) electrons. The smallest absolute Gasteiger partial charge is 0.460 e. The minimum atomic E-state index is -8.05. The number of alkyl halides is 13. The number of rotatable bonds is 9. The van der Waals surface area contributed by atoms with Crippen molar-refractivity contribution in [1.29, 1.82) is 5.26 Å². The van der Waals surface area contributed by atoms with E-state index in [4.69, 9.17) is 5.26 Å². The molecule has 0 heterocycles. The van der Waals surface area contributed by atoms with Gasteiger partial charge < -0.3 is 9.47 Å². The molecule has 0 saturated carbocycles. The fourth-order valence-electron chi connectivity index (χ4n) is 2.57. The van der Waals surface area contributed by atoms with Crippen LogP contribution < -0.4 is 4.74 Å². The molecule has 1 aromatic rings. The monoisotopic (exact) mass is 537 g/mol. The maximum absolute atomic E-state index is 14.5. The van der Waals surface area contributed by atoms with Crippen molar-refractivity contribution in [2.75, 3.05) is 13.7 Å². The van der Waals surface area contributed by atoms with E-state index in [1.807, 2.05) is 0 Å². The Balaban J connectivity index is 3.70. The van der Waals surface area contributed by atoms with Gasteiger partial charge in [0.15, 0.2) is 5.92 Å². The highest BCUT2D eigenvalue weighted by molar-refractivity contribution is 5.81. The van der Waals surface area contributed by atoms with Crippen molar-refractivity contribution < 1.29 is 71.3 Å². The lowest BCUT2D eigenvalue weighted by molar-refractivity contribution is -0.441. The first-order valence-electron chi connectivity index (χ1n) is 8.80. The summed E-state index contributed by atoms with van der Waals surface area (Å²) in [4.78, 5) is 11.7. The number of nitrogens with zero attached hydrogens (tertiary/aromatic N) is 1. The molecule has 0 saturated heterocycles. The summed E-state index contributed by atoms with van der Waals surface area (Å²) in [6.45, 7) is 1.03. The quantitative estimate of drug-likeness (QED) is 0.284. The molecule has 0 amide bonds. The van der Waals surface area contributed by atoms with Crippen molar-refractivity contribution in [2.24, 2.45) is 0 Å². The summed E-state index contributed by atoms with van der Waals surface area (Å²) in [5, 5.41) is 9.03. The predicted octanol–water partition coefficient (Wildman–Crippen LogP) is 6.06. The topological polar surface area (TPSA) is 59.3 Å².